The van der Waals surface area contributed by atoms with Crippen molar-refractivity contribution in [3.8, 4) is 5.75 Å². The number of phenolic OH excluding ortho intramolecular Hbond substituents is 1. The minimum atomic E-state index is -4.36. The number of rotatable bonds is 3. The molecular formula is C17H15NO4S. The molecule has 3 aromatic carbocycles. The molecule has 0 aliphatic carbocycles. The molecule has 0 spiro atoms. The van der Waals surface area contributed by atoms with Crippen LogP contribution < -0.4 is 5.32 Å². The maximum Gasteiger partial charge on any atom is 0.294 e. The van der Waals surface area contributed by atoms with E-state index in [2.05, 4.69) is 5.32 Å². The van der Waals surface area contributed by atoms with Crippen molar-refractivity contribution in [1.82, 2.24) is 0 Å². The van der Waals surface area contributed by atoms with Gasteiger partial charge in [-0.3, -0.25) is 4.55 Å². The molecule has 118 valence electrons. The number of aromatic hydroxyl groups is 1. The zero-order valence-corrected chi connectivity index (χ0v) is 13.1. The summed E-state index contributed by atoms with van der Waals surface area (Å²) < 4.78 is 31.5. The van der Waals surface area contributed by atoms with Crippen LogP contribution in [0.5, 0.6) is 5.75 Å². The summed E-state index contributed by atoms with van der Waals surface area (Å²) in [5, 5.41) is 14.3. The van der Waals surface area contributed by atoms with E-state index in [1.54, 1.807) is 18.2 Å². The van der Waals surface area contributed by atoms with Gasteiger partial charge in [0, 0.05) is 22.8 Å². The molecule has 0 atom stereocenters. The minimum absolute atomic E-state index is 0.206. The van der Waals surface area contributed by atoms with Gasteiger partial charge in [-0.15, -0.1) is 0 Å². The smallest absolute Gasteiger partial charge is 0.294 e. The molecule has 0 amide bonds. The van der Waals surface area contributed by atoms with Gasteiger partial charge in [0.1, 0.15) is 5.75 Å². The normalized spacial score (nSPS) is 11.6. The molecule has 0 fully saturated rings. The predicted molar refractivity (Wildman–Crippen MR) is 89.9 cm³/mol. The van der Waals surface area contributed by atoms with Gasteiger partial charge in [0.25, 0.3) is 10.1 Å². The highest BCUT2D eigenvalue weighted by Crippen LogP contribution is 2.31. The highest BCUT2D eigenvalue weighted by atomic mass is 32.2. The summed E-state index contributed by atoms with van der Waals surface area (Å²) >= 11 is 0. The first-order valence-electron chi connectivity index (χ1n) is 6.91. The van der Waals surface area contributed by atoms with Gasteiger partial charge in [0.05, 0.1) is 4.90 Å². The van der Waals surface area contributed by atoms with Crippen LogP contribution in [0.15, 0.2) is 59.5 Å². The van der Waals surface area contributed by atoms with Gasteiger partial charge in [-0.1, -0.05) is 23.8 Å². The van der Waals surface area contributed by atoms with Crippen molar-refractivity contribution in [2.75, 3.05) is 5.32 Å². The molecule has 3 aromatic rings. The van der Waals surface area contributed by atoms with E-state index in [1.807, 2.05) is 31.2 Å². The van der Waals surface area contributed by atoms with Crippen LogP contribution in [0, 0.1) is 6.92 Å². The van der Waals surface area contributed by atoms with E-state index >= 15 is 0 Å². The van der Waals surface area contributed by atoms with Crippen molar-refractivity contribution in [1.29, 1.82) is 0 Å². The molecule has 0 radical (unpaired) electrons. The summed E-state index contributed by atoms with van der Waals surface area (Å²) in [6.07, 6.45) is 0. The Hall–Kier alpha value is -2.57. The van der Waals surface area contributed by atoms with Crippen molar-refractivity contribution in [2.24, 2.45) is 0 Å². The number of aryl methyl sites for hydroxylation is 1. The fourth-order valence-corrected chi connectivity index (χ4v) is 2.88. The number of phenols is 1. The summed E-state index contributed by atoms with van der Waals surface area (Å²) in [5.74, 6) is -0.206. The molecule has 0 saturated carbocycles. The summed E-state index contributed by atoms with van der Waals surface area (Å²) in [6, 6.07) is 15.4. The molecule has 0 saturated heterocycles. The number of benzene rings is 3. The lowest BCUT2D eigenvalue weighted by Gasteiger charge is -2.10. The molecule has 0 aromatic heterocycles. The Balaban J connectivity index is 2.02. The first kappa shape index (κ1) is 15.3. The maximum atomic E-state index is 11.2. The number of hydrogen-bond acceptors (Lipinski definition) is 4. The quantitative estimate of drug-likeness (QED) is 0.636. The van der Waals surface area contributed by atoms with Gasteiger partial charge < -0.3 is 10.4 Å². The average molecular weight is 329 g/mol. The summed E-state index contributed by atoms with van der Waals surface area (Å²) in [4.78, 5) is -0.332. The molecule has 0 bridgehead atoms. The third-order valence-electron chi connectivity index (χ3n) is 3.54. The molecule has 6 heteroatoms. The van der Waals surface area contributed by atoms with Crippen LogP contribution >= 0.6 is 0 Å². The lowest BCUT2D eigenvalue weighted by molar-refractivity contribution is 0.471. The van der Waals surface area contributed by atoms with Crippen LogP contribution in [0.25, 0.3) is 10.8 Å². The Morgan fingerprint density at radius 3 is 2.22 bits per heavy atom. The number of hydrogen-bond donors (Lipinski definition) is 3. The molecule has 23 heavy (non-hydrogen) atoms. The molecule has 0 heterocycles. The van der Waals surface area contributed by atoms with Gasteiger partial charge in [0.15, 0.2) is 0 Å². The SMILES string of the molecule is Cc1ccc(Nc2ccc3cc(S(=O)(=O)O)cc(O)c3c2)cc1. The third kappa shape index (κ3) is 3.28. The minimum Gasteiger partial charge on any atom is -0.507 e. The molecule has 3 N–H and O–H groups in total. The first-order chi connectivity index (χ1) is 10.8. The second kappa shape index (κ2) is 5.57. The van der Waals surface area contributed by atoms with Gasteiger partial charge in [-0.2, -0.15) is 8.42 Å². The number of nitrogens with one attached hydrogen (secondary N) is 1. The van der Waals surface area contributed by atoms with Gasteiger partial charge in [-0.05, 0) is 42.6 Å². The molecule has 0 unspecified atom stereocenters. The molecule has 3 rings (SSSR count). The summed E-state index contributed by atoms with van der Waals surface area (Å²) in [5.41, 5.74) is 2.82. The van der Waals surface area contributed by atoms with E-state index in [-0.39, 0.29) is 10.6 Å². The fraction of sp³-hybridized carbons (Fsp3) is 0.0588. The van der Waals surface area contributed by atoms with Crippen LogP contribution in [-0.2, 0) is 10.1 Å². The molecule has 0 aliphatic rings. The van der Waals surface area contributed by atoms with E-state index in [1.165, 1.54) is 6.07 Å². The molecule has 5 nitrogen and oxygen atoms in total. The third-order valence-corrected chi connectivity index (χ3v) is 4.38. The van der Waals surface area contributed by atoms with Crippen LogP contribution in [0.1, 0.15) is 5.56 Å². The highest BCUT2D eigenvalue weighted by molar-refractivity contribution is 7.85. The van der Waals surface area contributed by atoms with Crippen molar-refractivity contribution >= 4 is 32.3 Å². The van der Waals surface area contributed by atoms with Crippen LogP contribution in [0.4, 0.5) is 11.4 Å². The number of anilines is 2. The zero-order chi connectivity index (χ0) is 16.6. The first-order valence-corrected chi connectivity index (χ1v) is 8.35. The zero-order valence-electron chi connectivity index (χ0n) is 12.3. The Bertz CT molecular complexity index is 979. The number of fused-ring (bicyclic) bond motifs is 1. The summed E-state index contributed by atoms with van der Waals surface area (Å²) in [7, 11) is -4.36. The van der Waals surface area contributed by atoms with E-state index in [0.717, 1.165) is 23.0 Å². The molecule has 0 aliphatic heterocycles. The van der Waals surface area contributed by atoms with E-state index in [0.29, 0.717) is 10.8 Å². The summed E-state index contributed by atoms with van der Waals surface area (Å²) in [6.45, 7) is 2.00. The van der Waals surface area contributed by atoms with Crippen molar-refractivity contribution < 1.29 is 18.1 Å². The van der Waals surface area contributed by atoms with Crippen molar-refractivity contribution in [3.05, 3.63) is 60.2 Å². The molecular weight excluding hydrogens is 314 g/mol. The standard InChI is InChI=1S/C17H15NO4S/c1-11-2-5-13(6-3-11)18-14-7-4-12-8-15(23(20,21)22)10-17(19)16(12)9-14/h2-10,18-19H,1H3,(H,20,21,22). The fourth-order valence-electron chi connectivity index (χ4n) is 2.34. The predicted octanol–water partition coefficient (Wildman–Crippen LogP) is 3.84. The Morgan fingerprint density at radius 2 is 1.57 bits per heavy atom. The van der Waals surface area contributed by atoms with Crippen molar-refractivity contribution in [2.45, 2.75) is 11.8 Å². The van der Waals surface area contributed by atoms with E-state index in [9.17, 15) is 13.5 Å². The van der Waals surface area contributed by atoms with Gasteiger partial charge in [-0.25, -0.2) is 0 Å². The monoisotopic (exact) mass is 329 g/mol. The lowest BCUT2D eigenvalue weighted by Crippen LogP contribution is -1.98. The maximum absolute atomic E-state index is 11.2. The lowest BCUT2D eigenvalue weighted by atomic mass is 10.1. The van der Waals surface area contributed by atoms with E-state index < -0.39 is 10.1 Å². The Morgan fingerprint density at radius 1 is 0.913 bits per heavy atom. The average Bonchev–Trinajstić information content (AvgIpc) is 2.49. The van der Waals surface area contributed by atoms with E-state index in [4.69, 9.17) is 4.55 Å². The second-order valence-corrected chi connectivity index (χ2v) is 6.77. The van der Waals surface area contributed by atoms with Crippen molar-refractivity contribution in [3.63, 3.8) is 0 Å². The highest BCUT2D eigenvalue weighted by Gasteiger charge is 2.13. The van der Waals surface area contributed by atoms with Crippen LogP contribution in [0.3, 0.4) is 0 Å². The largest absolute Gasteiger partial charge is 0.507 e. The Kier molecular flexibility index (Phi) is 3.71. The topological polar surface area (TPSA) is 86.6 Å². The second-order valence-electron chi connectivity index (χ2n) is 5.34. The van der Waals surface area contributed by atoms with Gasteiger partial charge in [0.2, 0.25) is 0 Å². The van der Waals surface area contributed by atoms with Crippen LogP contribution in [0.2, 0.25) is 0 Å². The van der Waals surface area contributed by atoms with Gasteiger partial charge >= 0.3 is 0 Å². The Labute approximate surface area is 134 Å². The van der Waals surface area contributed by atoms with Crippen LogP contribution in [-0.4, -0.2) is 18.1 Å².